The Kier molecular flexibility index (Phi) is 8.84. The van der Waals surface area contributed by atoms with Gasteiger partial charge in [-0.15, -0.1) is 6.58 Å². The number of carbonyl (C=O) groups is 3. The summed E-state index contributed by atoms with van der Waals surface area (Å²) in [7, 11) is 0. The molecule has 0 bridgehead atoms. The molecule has 0 aliphatic carbocycles. The van der Waals surface area contributed by atoms with Crippen molar-refractivity contribution in [1.29, 1.82) is 0 Å². The lowest BCUT2D eigenvalue weighted by Gasteiger charge is -2.05. The van der Waals surface area contributed by atoms with Gasteiger partial charge in [0.25, 0.3) is 0 Å². The summed E-state index contributed by atoms with van der Waals surface area (Å²) in [5.74, 6) is -2.22. The van der Waals surface area contributed by atoms with Gasteiger partial charge >= 0.3 is 11.9 Å². The summed E-state index contributed by atoms with van der Waals surface area (Å²) in [6, 6.07) is 9.04. The predicted molar refractivity (Wildman–Crippen MR) is 78.6 cm³/mol. The topological polar surface area (TPSA) is 80.7 Å². The largest absolute Gasteiger partial charge is 0.481 e. The van der Waals surface area contributed by atoms with E-state index in [1.807, 2.05) is 18.2 Å². The molecule has 0 saturated heterocycles. The fourth-order valence-corrected chi connectivity index (χ4v) is 1.38. The first-order valence-electron chi connectivity index (χ1n) is 6.12. The van der Waals surface area contributed by atoms with Gasteiger partial charge in [0.15, 0.2) is 0 Å². The second kappa shape index (κ2) is 10.1. The van der Waals surface area contributed by atoms with Gasteiger partial charge in [0, 0.05) is 0 Å². The molecule has 0 radical (unpaired) electrons. The summed E-state index contributed by atoms with van der Waals surface area (Å²) in [6.45, 7) is 7.96. The summed E-state index contributed by atoms with van der Waals surface area (Å²) in [5.41, 5.74) is 0.764. The van der Waals surface area contributed by atoms with Gasteiger partial charge in [-0.05, 0) is 12.5 Å². The molecule has 1 N–H and O–H groups in total. The van der Waals surface area contributed by atoms with Crippen molar-refractivity contribution in [3.63, 3.8) is 0 Å². The Balaban J connectivity index is 0.000000400. The number of esters is 1. The normalized spacial score (nSPS) is 10.3. The summed E-state index contributed by atoms with van der Waals surface area (Å²) < 4.78 is 4.26. The van der Waals surface area contributed by atoms with Gasteiger partial charge in [-0.3, -0.25) is 14.4 Å². The van der Waals surface area contributed by atoms with Crippen LogP contribution in [-0.4, -0.2) is 22.8 Å². The van der Waals surface area contributed by atoms with Gasteiger partial charge in [-0.1, -0.05) is 43.0 Å². The molecule has 1 atom stereocenters. The number of aliphatic carboxylic acids is 1. The molecule has 0 fully saturated rings. The van der Waals surface area contributed by atoms with Crippen LogP contribution in [0.4, 0.5) is 0 Å². The lowest BCUT2D eigenvalue weighted by atomic mass is 10.00. The van der Waals surface area contributed by atoms with E-state index in [0.717, 1.165) is 11.8 Å². The number of carboxylic acids is 1. The maximum atomic E-state index is 10.7. The Morgan fingerprint density at radius 2 is 1.81 bits per heavy atom. The van der Waals surface area contributed by atoms with Crippen molar-refractivity contribution in [2.45, 2.75) is 19.3 Å². The third-order valence-electron chi connectivity index (χ3n) is 2.27. The molecule has 0 aliphatic rings. The quantitative estimate of drug-likeness (QED) is 0.377. The summed E-state index contributed by atoms with van der Waals surface area (Å²) >= 11 is 0. The minimum Gasteiger partial charge on any atom is -0.481 e. The molecule has 1 aromatic rings. The number of hydrogen-bond donors (Lipinski definition) is 1. The minimum absolute atomic E-state index is 0.175. The van der Waals surface area contributed by atoms with E-state index in [2.05, 4.69) is 17.9 Å². The number of hydrogen-bond acceptors (Lipinski definition) is 4. The van der Waals surface area contributed by atoms with Crippen molar-refractivity contribution < 1.29 is 24.2 Å². The molecule has 0 amide bonds. The van der Waals surface area contributed by atoms with Crippen LogP contribution in [0.15, 0.2) is 55.8 Å². The van der Waals surface area contributed by atoms with Crippen LogP contribution in [0.5, 0.6) is 0 Å². The molecule has 0 aromatic heterocycles. The average molecular weight is 290 g/mol. The Bertz CT molecular complexity index is 505. The van der Waals surface area contributed by atoms with Crippen LogP contribution in [-0.2, 0) is 19.1 Å². The van der Waals surface area contributed by atoms with Crippen molar-refractivity contribution in [3.05, 3.63) is 61.4 Å². The Morgan fingerprint density at radius 1 is 1.24 bits per heavy atom. The fraction of sp³-hybridized carbons (Fsp3) is 0.188. The molecule has 5 heteroatoms. The highest BCUT2D eigenvalue weighted by molar-refractivity contribution is 5.94. The zero-order valence-corrected chi connectivity index (χ0v) is 11.8. The van der Waals surface area contributed by atoms with E-state index in [0.29, 0.717) is 0 Å². The van der Waals surface area contributed by atoms with Gasteiger partial charge in [0.05, 0.1) is 12.2 Å². The molecule has 0 aliphatic heterocycles. The third kappa shape index (κ3) is 8.15. The third-order valence-corrected chi connectivity index (χ3v) is 2.27. The molecule has 0 saturated carbocycles. The minimum atomic E-state index is -0.865. The molecule has 112 valence electrons. The second-order valence-corrected chi connectivity index (χ2v) is 4.00. The molecule has 5 nitrogen and oxygen atoms in total. The average Bonchev–Trinajstić information content (AvgIpc) is 2.40. The van der Waals surface area contributed by atoms with Crippen LogP contribution in [0.1, 0.15) is 24.8 Å². The van der Waals surface area contributed by atoms with Crippen LogP contribution < -0.4 is 0 Å². The highest BCUT2D eigenvalue weighted by atomic mass is 16.5. The van der Waals surface area contributed by atoms with Crippen LogP contribution in [0.2, 0.25) is 0 Å². The number of carbonyl (C=O) groups excluding carboxylic acids is 2. The van der Waals surface area contributed by atoms with E-state index in [-0.39, 0.29) is 12.2 Å². The number of rotatable bonds is 6. The highest BCUT2D eigenvalue weighted by Gasteiger charge is 2.14. The molecule has 0 spiro atoms. The van der Waals surface area contributed by atoms with E-state index < -0.39 is 17.9 Å². The highest BCUT2D eigenvalue weighted by Crippen LogP contribution is 2.15. The molecule has 0 heterocycles. The van der Waals surface area contributed by atoms with Gasteiger partial charge in [-0.25, -0.2) is 0 Å². The molecule has 1 rings (SSSR count). The van der Waals surface area contributed by atoms with E-state index in [1.165, 1.54) is 13.0 Å². The molecule has 1 aromatic carbocycles. The lowest BCUT2D eigenvalue weighted by molar-refractivity contribution is -0.141. The van der Waals surface area contributed by atoms with Gasteiger partial charge in [0.1, 0.15) is 12.2 Å². The standard InChI is InChI=1S/C10H10O2.C6H8O3/c1-2-9(10(11)12)8-6-4-3-5-7-8;1-3-9-6(8)4-5(2)7/h2-7,9H,1H2,(H,11,12);3H,1,4H2,2H3. The number of Topliss-reactive ketones (excluding diaryl/α,β-unsaturated/α-hetero) is 1. The number of benzene rings is 1. The first-order valence-corrected chi connectivity index (χ1v) is 6.12. The van der Waals surface area contributed by atoms with Crippen molar-refractivity contribution in [3.8, 4) is 0 Å². The van der Waals surface area contributed by atoms with E-state index >= 15 is 0 Å². The maximum Gasteiger partial charge on any atom is 0.318 e. The van der Waals surface area contributed by atoms with E-state index in [4.69, 9.17) is 5.11 Å². The molecular weight excluding hydrogens is 272 g/mol. The number of ether oxygens (including phenoxy) is 1. The van der Waals surface area contributed by atoms with Crippen LogP contribution >= 0.6 is 0 Å². The van der Waals surface area contributed by atoms with Crippen LogP contribution in [0.25, 0.3) is 0 Å². The molecular formula is C16H18O5. The zero-order valence-electron chi connectivity index (χ0n) is 11.8. The van der Waals surface area contributed by atoms with Gasteiger partial charge in [0.2, 0.25) is 0 Å². The zero-order chi connectivity index (χ0) is 16.3. The molecule has 1 unspecified atom stereocenters. The first kappa shape index (κ1) is 18.3. The summed E-state index contributed by atoms with van der Waals surface area (Å²) in [5, 5.41) is 8.76. The predicted octanol–water partition coefficient (Wildman–Crippen LogP) is 2.69. The van der Waals surface area contributed by atoms with Crippen molar-refractivity contribution in [1.82, 2.24) is 0 Å². The Hall–Kier alpha value is -2.69. The SMILES string of the molecule is C=CC(C(=O)O)c1ccccc1.C=COC(=O)CC(C)=O. The number of carboxylic acid groups (broad SMARTS) is 1. The second-order valence-electron chi connectivity index (χ2n) is 4.00. The van der Waals surface area contributed by atoms with Crippen molar-refractivity contribution in [2.24, 2.45) is 0 Å². The fourth-order valence-electron chi connectivity index (χ4n) is 1.38. The van der Waals surface area contributed by atoms with Crippen molar-refractivity contribution >= 4 is 17.7 Å². The van der Waals surface area contributed by atoms with Crippen LogP contribution in [0.3, 0.4) is 0 Å². The first-order chi connectivity index (χ1) is 9.92. The van der Waals surface area contributed by atoms with E-state index in [1.54, 1.807) is 12.1 Å². The number of ketones is 1. The van der Waals surface area contributed by atoms with Crippen molar-refractivity contribution in [2.75, 3.05) is 0 Å². The monoisotopic (exact) mass is 290 g/mol. The summed E-state index contributed by atoms with van der Waals surface area (Å²) in [6.07, 6.45) is 2.26. The van der Waals surface area contributed by atoms with Gasteiger partial charge in [-0.2, -0.15) is 0 Å². The van der Waals surface area contributed by atoms with E-state index in [9.17, 15) is 14.4 Å². The van der Waals surface area contributed by atoms with Gasteiger partial charge < -0.3 is 9.84 Å². The lowest BCUT2D eigenvalue weighted by Crippen LogP contribution is -2.07. The molecule has 21 heavy (non-hydrogen) atoms. The Labute approximate surface area is 123 Å². The summed E-state index contributed by atoms with van der Waals surface area (Å²) in [4.78, 5) is 31.2. The maximum absolute atomic E-state index is 10.7. The Morgan fingerprint density at radius 3 is 2.19 bits per heavy atom. The van der Waals surface area contributed by atoms with Crippen LogP contribution in [0, 0.1) is 0 Å². The smallest absolute Gasteiger partial charge is 0.318 e.